The number of nitrogen functional groups attached to an aromatic ring is 1. The Morgan fingerprint density at radius 3 is 1.86 bits per heavy atom. The van der Waals surface area contributed by atoms with E-state index in [1.807, 2.05) is 12.1 Å². The molecule has 1 rings (SSSR count). The number of hydrogen-bond acceptors (Lipinski definition) is 4. The Morgan fingerprint density at radius 1 is 1.21 bits per heavy atom. The van der Waals surface area contributed by atoms with Crippen molar-refractivity contribution in [2.24, 2.45) is 5.84 Å². The van der Waals surface area contributed by atoms with Gasteiger partial charge >= 0.3 is 10.4 Å². The molecule has 80 valence electrons. The molecule has 0 bridgehead atoms. The summed E-state index contributed by atoms with van der Waals surface area (Å²) in [6.07, 6.45) is 0. The summed E-state index contributed by atoms with van der Waals surface area (Å²) in [6, 6.07) is 7.16. The van der Waals surface area contributed by atoms with E-state index in [-0.39, 0.29) is 0 Å². The van der Waals surface area contributed by atoms with E-state index in [0.29, 0.717) is 5.02 Å². The van der Waals surface area contributed by atoms with Gasteiger partial charge in [-0.05, 0) is 24.3 Å². The Bertz CT molecular complexity index is 356. The highest BCUT2D eigenvalue weighted by Crippen LogP contribution is 2.11. The quantitative estimate of drug-likeness (QED) is 0.331. The van der Waals surface area contributed by atoms with E-state index in [9.17, 15) is 0 Å². The fraction of sp³-hybridized carbons (Fsp3) is 0. The third-order valence-corrected chi connectivity index (χ3v) is 1.26. The molecule has 1 aromatic rings. The first kappa shape index (κ1) is 13.1. The highest BCUT2D eigenvalue weighted by Gasteiger charge is 1.86. The molecule has 0 unspecified atom stereocenters. The number of nitrogens with one attached hydrogen (secondary N) is 1. The van der Waals surface area contributed by atoms with E-state index < -0.39 is 10.4 Å². The Morgan fingerprint density at radius 2 is 1.57 bits per heavy atom. The lowest BCUT2D eigenvalue weighted by Crippen LogP contribution is -2.05. The van der Waals surface area contributed by atoms with Gasteiger partial charge in [-0.15, -0.1) is 0 Å². The van der Waals surface area contributed by atoms with Crippen LogP contribution in [0.25, 0.3) is 0 Å². The van der Waals surface area contributed by atoms with E-state index in [2.05, 4.69) is 5.43 Å². The maximum atomic E-state index is 8.74. The van der Waals surface area contributed by atoms with Crippen molar-refractivity contribution in [3.05, 3.63) is 29.3 Å². The van der Waals surface area contributed by atoms with Gasteiger partial charge in [0, 0.05) is 10.7 Å². The highest BCUT2D eigenvalue weighted by molar-refractivity contribution is 7.79. The van der Waals surface area contributed by atoms with Gasteiger partial charge < -0.3 is 5.43 Å². The summed E-state index contributed by atoms with van der Waals surface area (Å²) in [5.41, 5.74) is 3.36. The van der Waals surface area contributed by atoms with Crippen LogP contribution in [0.4, 0.5) is 5.69 Å². The zero-order valence-electron chi connectivity index (χ0n) is 6.88. The molecule has 0 aliphatic carbocycles. The molecule has 1 aromatic carbocycles. The molecule has 0 saturated carbocycles. The minimum atomic E-state index is -4.67. The van der Waals surface area contributed by atoms with Crippen molar-refractivity contribution >= 4 is 27.7 Å². The minimum absolute atomic E-state index is 0.717. The van der Waals surface area contributed by atoms with Crippen molar-refractivity contribution in [2.45, 2.75) is 0 Å². The Labute approximate surface area is 86.2 Å². The van der Waals surface area contributed by atoms with Gasteiger partial charge in [-0.2, -0.15) is 8.42 Å². The van der Waals surface area contributed by atoms with Crippen LogP contribution in [0.5, 0.6) is 0 Å². The van der Waals surface area contributed by atoms with Crippen LogP contribution in [-0.4, -0.2) is 17.5 Å². The smallest absolute Gasteiger partial charge is 0.324 e. The Balaban J connectivity index is 0.000000292. The predicted octanol–water partition coefficient (Wildman–Crippen LogP) is 0.973. The number of hydrazine groups is 1. The van der Waals surface area contributed by atoms with Crippen molar-refractivity contribution in [2.75, 3.05) is 5.43 Å². The zero-order chi connectivity index (χ0) is 11.2. The SMILES string of the molecule is NNc1ccc(Cl)cc1.O=S(=O)(O)O. The first-order valence-electron chi connectivity index (χ1n) is 3.25. The lowest BCUT2D eigenvalue weighted by atomic mass is 10.3. The van der Waals surface area contributed by atoms with Crippen molar-refractivity contribution in [3.8, 4) is 0 Å². The van der Waals surface area contributed by atoms with Gasteiger partial charge in [0.15, 0.2) is 0 Å². The second-order valence-electron chi connectivity index (χ2n) is 2.10. The summed E-state index contributed by atoms with van der Waals surface area (Å²) in [7, 11) is -4.67. The molecule has 0 aliphatic heterocycles. The third-order valence-electron chi connectivity index (χ3n) is 1.01. The van der Waals surface area contributed by atoms with Gasteiger partial charge in [0.2, 0.25) is 0 Å². The molecule has 0 aromatic heterocycles. The summed E-state index contributed by atoms with van der Waals surface area (Å²) in [5.74, 6) is 5.11. The maximum Gasteiger partial charge on any atom is 0.394 e. The maximum absolute atomic E-state index is 8.74. The first-order chi connectivity index (χ1) is 6.33. The number of rotatable bonds is 1. The largest absolute Gasteiger partial charge is 0.394 e. The van der Waals surface area contributed by atoms with Crippen molar-refractivity contribution in [1.82, 2.24) is 0 Å². The molecule has 5 N–H and O–H groups in total. The number of hydrogen-bond donors (Lipinski definition) is 4. The molecule has 8 heteroatoms. The van der Waals surface area contributed by atoms with E-state index >= 15 is 0 Å². The molecule has 0 spiro atoms. The average molecular weight is 241 g/mol. The summed E-state index contributed by atoms with van der Waals surface area (Å²) in [6.45, 7) is 0. The Kier molecular flexibility index (Phi) is 5.43. The molecule has 0 saturated heterocycles. The summed E-state index contributed by atoms with van der Waals surface area (Å²) in [4.78, 5) is 0. The van der Waals surface area contributed by atoms with Crippen LogP contribution in [0, 0.1) is 0 Å². The van der Waals surface area contributed by atoms with Crippen LogP contribution in [-0.2, 0) is 10.4 Å². The molecule has 6 nitrogen and oxygen atoms in total. The molecule has 0 heterocycles. The third kappa shape index (κ3) is 9.23. The molecule has 0 atom stereocenters. The van der Waals surface area contributed by atoms with Gasteiger partial charge in [0.25, 0.3) is 0 Å². The van der Waals surface area contributed by atoms with Crippen LogP contribution in [0.3, 0.4) is 0 Å². The van der Waals surface area contributed by atoms with E-state index in [1.54, 1.807) is 12.1 Å². The van der Waals surface area contributed by atoms with Crippen molar-refractivity contribution < 1.29 is 17.5 Å². The number of halogens is 1. The van der Waals surface area contributed by atoms with Crippen LogP contribution in [0.2, 0.25) is 5.02 Å². The van der Waals surface area contributed by atoms with Crippen LogP contribution in [0.15, 0.2) is 24.3 Å². The summed E-state index contributed by atoms with van der Waals surface area (Å²) < 4.78 is 31.6. The zero-order valence-corrected chi connectivity index (χ0v) is 8.46. The molecule has 0 aliphatic rings. The normalized spacial score (nSPS) is 10.0. The fourth-order valence-electron chi connectivity index (χ4n) is 0.546. The number of anilines is 1. The van der Waals surface area contributed by atoms with E-state index in [0.717, 1.165) is 5.69 Å². The number of nitrogens with two attached hydrogens (primary N) is 1. The van der Waals surface area contributed by atoms with Gasteiger partial charge in [-0.1, -0.05) is 11.6 Å². The molecule has 14 heavy (non-hydrogen) atoms. The second kappa shape index (κ2) is 5.78. The molecule has 0 amide bonds. The van der Waals surface area contributed by atoms with Crippen LogP contribution < -0.4 is 11.3 Å². The average Bonchev–Trinajstić information content (AvgIpc) is 2.03. The van der Waals surface area contributed by atoms with Gasteiger partial charge in [0.1, 0.15) is 0 Å². The van der Waals surface area contributed by atoms with Crippen molar-refractivity contribution in [1.29, 1.82) is 0 Å². The lowest BCUT2D eigenvalue weighted by molar-refractivity contribution is 0.381. The molecule has 0 radical (unpaired) electrons. The molecule has 0 fully saturated rings. The Hall–Kier alpha value is -0.860. The van der Waals surface area contributed by atoms with Gasteiger partial charge in [0.05, 0.1) is 0 Å². The number of benzene rings is 1. The van der Waals surface area contributed by atoms with Crippen LogP contribution >= 0.6 is 11.6 Å². The minimum Gasteiger partial charge on any atom is -0.324 e. The van der Waals surface area contributed by atoms with Crippen molar-refractivity contribution in [3.63, 3.8) is 0 Å². The monoisotopic (exact) mass is 240 g/mol. The summed E-state index contributed by atoms with van der Waals surface area (Å²) >= 11 is 5.60. The van der Waals surface area contributed by atoms with E-state index in [4.69, 9.17) is 35.0 Å². The second-order valence-corrected chi connectivity index (χ2v) is 3.43. The summed E-state index contributed by atoms with van der Waals surface area (Å²) in [5, 5.41) is 0.717. The lowest BCUT2D eigenvalue weighted by Gasteiger charge is -1.96. The molecular formula is C6H9ClN2O4S. The standard InChI is InChI=1S/C6H7ClN2.H2O4S/c7-5-1-3-6(9-8)4-2-5;1-5(2,3)4/h1-4,9H,8H2;(H2,1,2,3,4). The van der Waals surface area contributed by atoms with Gasteiger partial charge in [-0.3, -0.25) is 14.9 Å². The fourth-order valence-corrected chi connectivity index (χ4v) is 0.672. The van der Waals surface area contributed by atoms with E-state index in [1.165, 1.54) is 0 Å². The highest BCUT2D eigenvalue weighted by atomic mass is 35.5. The topological polar surface area (TPSA) is 113 Å². The van der Waals surface area contributed by atoms with Crippen LogP contribution in [0.1, 0.15) is 0 Å². The first-order valence-corrected chi connectivity index (χ1v) is 5.02. The molecular weight excluding hydrogens is 232 g/mol. The predicted molar refractivity (Wildman–Crippen MR) is 53.4 cm³/mol. The van der Waals surface area contributed by atoms with Gasteiger partial charge in [-0.25, -0.2) is 0 Å².